The minimum atomic E-state index is -4.50. The van der Waals surface area contributed by atoms with Crippen LogP contribution in [0.4, 0.5) is 13.2 Å². The van der Waals surface area contributed by atoms with Crippen molar-refractivity contribution in [2.24, 2.45) is 5.73 Å². The summed E-state index contributed by atoms with van der Waals surface area (Å²) in [7, 11) is 0. The highest BCUT2D eigenvalue weighted by Crippen LogP contribution is 2.32. The van der Waals surface area contributed by atoms with E-state index in [9.17, 15) is 18.0 Å². The van der Waals surface area contributed by atoms with Crippen molar-refractivity contribution in [3.8, 4) is 0 Å². The average Bonchev–Trinajstić information content (AvgIpc) is 2.81. The number of amides is 1. The zero-order chi connectivity index (χ0) is 16.3. The second-order valence-corrected chi connectivity index (χ2v) is 5.25. The van der Waals surface area contributed by atoms with E-state index in [1.807, 2.05) is 0 Å². The fraction of sp³-hybridized carbons (Fsp3) is 0.467. The number of alkyl halides is 3. The number of fused-ring (bicyclic) bond motifs is 1. The lowest BCUT2D eigenvalue weighted by atomic mass is 10.1. The Labute approximate surface area is 126 Å². The molecule has 120 valence electrons. The van der Waals surface area contributed by atoms with E-state index in [1.165, 1.54) is 6.20 Å². The number of carbonyl (C=O) groups excluding carboxylic acids is 1. The number of nitrogens with two attached hydrogens (primary N) is 1. The molecule has 1 amide bonds. The maximum Gasteiger partial charge on any atom is 0.417 e. The van der Waals surface area contributed by atoms with Crippen molar-refractivity contribution in [1.29, 1.82) is 0 Å². The van der Waals surface area contributed by atoms with Crippen LogP contribution in [0.25, 0.3) is 11.0 Å². The van der Waals surface area contributed by atoms with Crippen LogP contribution in [0.2, 0.25) is 0 Å². The zero-order valence-corrected chi connectivity index (χ0v) is 12.3. The van der Waals surface area contributed by atoms with Gasteiger partial charge in [-0.1, -0.05) is 26.2 Å². The van der Waals surface area contributed by atoms with Crippen molar-refractivity contribution >= 4 is 16.9 Å². The number of primary amides is 1. The van der Waals surface area contributed by atoms with E-state index in [-0.39, 0.29) is 10.9 Å². The Morgan fingerprint density at radius 2 is 2.05 bits per heavy atom. The van der Waals surface area contributed by atoms with Crippen molar-refractivity contribution in [2.45, 2.75) is 45.3 Å². The number of hydrogen-bond donors (Lipinski definition) is 1. The van der Waals surface area contributed by atoms with Crippen LogP contribution < -0.4 is 5.73 Å². The van der Waals surface area contributed by atoms with Crippen molar-refractivity contribution in [2.75, 3.05) is 0 Å². The molecule has 0 saturated carbocycles. The molecule has 0 fully saturated rings. The Bertz CT molecular complexity index is 676. The first-order valence-corrected chi connectivity index (χ1v) is 7.20. The predicted molar refractivity (Wildman–Crippen MR) is 77.4 cm³/mol. The van der Waals surface area contributed by atoms with Gasteiger partial charge in [-0.25, -0.2) is 4.98 Å². The number of aryl methyl sites for hydroxylation is 1. The molecule has 0 aliphatic rings. The van der Waals surface area contributed by atoms with Crippen LogP contribution in [0.1, 0.15) is 48.5 Å². The molecule has 0 atom stereocenters. The fourth-order valence-corrected chi connectivity index (χ4v) is 2.40. The quantitative estimate of drug-likeness (QED) is 0.826. The lowest BCUT2D eigenvalue weighted by Crippen LogP contribution is -2.11. The van der Waals surface area contributed by atoms with E-state index in [1.54, 1.807) is 4.57 Å². The minimum Gasteiger partial charge on any atom is -0.366 e. The Balaban J connectivity index is 2.40. The first-order valence-electron chi connectivity index (χ1n) is 7.20. The lowest BCUT2D eigenvalue weighted by Gasteiger charge is -2.07. The molecule has 0 aliphatic heterocycles. The molecule has 4 nitrogen and oxygen atoms in total. The van der Waals surface area contributed by atoms with E-state index >= 15 is 0 Å². The highest BCUT2D eigenvalue weighted by molar-refractivity contribution is 6.05. The van der Waals surface area contributed by atoms with Gasteiger partial charge in [0, 0.05) is 24.3 Å². The van der Waals surface area contributed by atoms with Crippen LogP contribution in [0.15, 0.2) is 18.5 Å². The molecule has 2 N–H and O–H groups in total. The number of aromatic nitrogens is 2. The second-order valence-electron chi connectivity index (χ2n) is 5.25. The Morgan fingerprint density at radius 3 is 2.64 bits per heavy atom. The second kappa shape index (κ2) is 6.37. The van der Waals surface area contributed by atoms with Crippen LogP contribution in [0.3, 0.4) is 0 Å². The molecule has 2 rings (SSSR count). The van der Waals surface area contributed by atoms with Gasteiger partial charge in [0.1, 0.15) is 5.65 Å². The number of hydrogen-bond acceptors (Lipinski definition) is 2. The molecule has 0 bridgehead atoms. The zero-order valence-electron chi connectivity index (χ0n) is 12.3. The molecule has 2 heterocycles. The van der Waals surface area contributed by atoms with Crippen LogP contribution in [-0.2, 0) is 12.7 Å². The minimum absolute atomic E-state index is 0.0732. The summed E-state index contributed by atoms with van der Waals surface area (Å²) >= 11 is 0. The van der Waals surface area contributed by atoms with Crippen molar-refractivity contribution in [3.05, 3.63) is 29.6 Å². The first-order chi connectivity index (χ1) is 10.3. The molecule has 7 heteroatoms. The third-order valence-corrected chi connectivity index (χ3v) is 3.56. The molecule has 0 spiro atoms. The van der Waals surface area contributed by atoms with Gasteiger partial charge in [0.2, 0.25) is 0 Å². The van der Waals surface area contributed by atoms with Crippen LogP contribution in [-0.4, -0.2) is 15.5 Å². The predicted octanol–water partition coefficient (Wildman–Crippen LogP) is 3.73. The third-order valence-electron chi connectivity index (χ3n) is 3.56. The van der Waals surface area contributed by atoms with Gasteiger partial charge in [-0.3, -0.25) is 4.79 Å². The number of carbonyl (C=O) groups is 1. The maximum absolute atomic E-state index is 12.8. The summed E-state index contributed by atoms with van der Waals surface area (Å²) in [6, 6.07) is 0.935. The van der Waals surface area contributed by atoms with Crippen molar-refractivity contribution < 1.29 is 18.0 Å². The summed E-state index contributed by atoms with van der Waals surface area (Å²) in [5.74, 6) is -0.751. The number of nitrogens with zero attached hydrogens (tertiary/aromatic N) is 2. The maximum atomic E-state index is 12.8. The Hall–Kier alpha value is -2.05. The summed E-state index contributed by atoms with van der Waals surface area (Å²) in [6.07, 6.45) is 1.85. The number of unbranched alkanes of at least 4 members (excludes halogenated alkanes) is 3. The van der Waals surface area contributed by atoms with Crippen molar-refractivity contribution in [1.82, 2.24) is 9.55 Å². The molecule has 0 unspecified atom stereocenters. The number of pyridine rings is 1. The standard InChI is InChI=1S/C15H18F3N3O/c1-2-3-4-5-6-21-9-12(13(19)22)11-7-10(15(16,17)18)8-20-14(11)21/h7-9H,2-6H2,1H3,(H2,19,22). The molecular weight excluding hydrogens is 295 g/mol. The van der Waals surface area contributed by atoms with E-state index in [0.29, 0.717) is 12.2 Å². The smallest absolute Gasteiger partial charge is 0.366 e. The first kappa shape index (κ1) is 16.3. The van der Waals surface area contributed by atoms with E-state index in [0.717, 1.165) is 37.9 Å². The molecule has 2 aromatic rings. The summed E-state index contributed by atoms with van der Waals surface area (Å²) in [6.45, 7) is 2.69. The number of halogens is 3. The summed E-state index contributed by atoms with van der Waals surface area (Å²) in [4.78, 5) is 15.4. The van der Waals surface area contributed by atoms with E-state index in [4.69, 9.17) is 5.73 Å². The van der Waals surface area contributed by atoms with Crippen molar-refractivity contribution in [3.63, 3.8) is 0 Å². The largest absolute Gasteiger partial charge is 0.417 e. The molecule has 0 saturated heterocycles. The highest BCUT2D eigenvalue weighted by Gasteiger charge is 2.32. The van der Waals surface area contributed by atoms with Gasteiger partial charge in [-0.05, 0) is 12.5 Å². The highest BCUT2D eigenvalue weighted by atomic mass is 19.4. The SMILES string of the molecule is CCCCCCn1cc(C(N)=O)c2cc(C(F)(F)F)cnc21. The summed E-state index contributed by atoms with van der Waals surface area (Å²) in [5.41, 5.74) is 4.82. The van der Waals surface area contributed by atoms with Crippen LogP contribution in [0.5, 0.6) is 0 Å². The van der Waals surface area contributed by atoms with Crippen LogP contribution >= 0.6 is 0 Å². The molecule has 0 radical (unpaired) electrons. The topological polar surface area (TPSA) is 60.9 Å². The number of rotatable bonds is 6. The molecule has 0 aromatic carbocycles. The summed E-state index contributed by atoms with van der Waals surface area (Å²) in [5, 5.41) is 0.151. The van der Waals surface area contributed by atoms with Gasteiger partial charge in [0.25, 0.3) is 5.91 Å². The van der Waals surface area contributed by atoms with E-state index < -0.39 is 17.6 Å². The van der Waals surface area contributed by atoms with Crippen LogP contribution in [0, 0.1) is 0 Å². The van der Waals surface area contributed by atoms with Gasteiger partial charge < -0.3 is 10.3 Å². The summed E-state index contributed by atoms with van der Waals surface area (Å²) < 4.78 is 40.0. The molecule has 2 aromatic heterocycles. The fourth-order valence-electron chi connectivity index (χ4n) is 2.40. The van der Waals surface area contributed by atoms with Gasteiger partial charge in [0.15, 0.2) is 0 Å². The van der Waals surface area contributed by atoms with E-state index in [2.05, 4.69) is 11.9 Å². The van der Waals surface area contributed by atoms with Gasteiger partial charge >= 0.3 is 6.18 Å². The Kier molecular flexibility index (Phi) is 4.73. The van der Waals surface area contributed by atoms with Gasteiger partial charge in [0.05, 0.1) is 11.1 Å². The Morgan fingerprint density at radius 1 is 1.32 bits per heavy atom. The average molecular weight is 313 g/mol. The third kappa shape index (κ3) is 3.40. The monoisotopic (exact) mass is 313 g/mol. The molecule has 22 heavy (non-hydrogen) atoms. The molecule has 0 aliphatic carbocycles. The lowest BCUT2D eigenvalue weighted by molar-refractivity contribution is -0.137. The van der Waals surface area contributed by atoms with Gasteiger partial charge in [-0.2, -0.15) is 13.2 Å². The normalized spacial score (nSPS) is 12.0. The molecular formula is C15H18F3N3O. The van der Waals surface area contributed by atoms with Gasteiger partial charge in [-0.15, -0.1) is 0 Å².